The van der Waals surface area contributed by atoms with Crippen LogP contribution < -0.4 is 9.47 Å². The van der Waals surface area contributed by atoms with Gasteiger partial charge in [0.2, 0.25) is 0 Å². The molecule has 0 bridgehead atoms. The molecule has 3 heteroatoms. The van der Waals surface area contributed by atoms with Crippen molar-refractivity contribution < 1.29 is 14.0 Å². The molecule has 24 heavy (non-hydrogen) atoms. The number of hydrogen-bond acceptors (Lipinski definition) is 2. The highest BCUT2D eigenvalue weighted by Gasteiger charge is 2.35. The Labute approximate surface area is 143 Å². The maximum atomic E-state index is 5.75. The summed E-state index contributed by atoms with van der Waals surface area (Å²) >= 11 is 0. The van der Waals surface area contributed by atoms with E-state index in [1.165, 1.54) is 27.8 Å². The zero-order chi connectivity index (χ0) is 16.7. The number of likely N-dealkylation sites (N-methyl/N-ethyl adjacent to an activating group) is 1. The maximum Gasteiger partial charge on any atom is 0.174 e. The zero-order valence-electron chi connectivity index (χ0n) is 14.6. The van der Waals surface area contributed by atoms with Gasteiger partial charge in [0.25, 0.3) is 0 Å². The molecule has 0 aromatic heterocycles. The number of aryl methyl sites for hydroxylation is 2. The van der Waals surface area contributed by atoms with E-state index < -0.39 is 0 Å². The fraction of sp³-hybridized carbons (Fsp3) is 0.381. The van der Waals surface area contributed by atoms with Crippen molar-refractivity contribution >= 4 is 6.21 Å². The highest BCUT2D eigenvalue weighted by Crippen LogP contribution is 2.44. The van der Waals surface area contributed by atoms with Crippen LogP contribution in [0.2, 0.25) is 0 Å². The van der Waals surface area contributed by atoms with E-state index in [0.29, 0.717) is 5.92 Å². The van der Waals surface area contributed by atoms with Crippen LogP contribution in [0.1, 0.15) is 40.7 Å². The number of hydrogen-bond donors (Lipinski definition) is 0. The van der Waals surface area contributed by atoms with Crippen LogP contribution in [0.3, 0.4) is 0 Å². The highest BCUT2D eigenvalue weighted by molar-refractivity contribution is 5.87. The molecule has 2 aromatic carbocycles. The lowest BCUT2D eigenvalue weighted by molar-refractivity contribution is -0.522. The average molecular weight is 322 g/mol. The van der Waals surface area contributed by atoms with Gasteiger partial charge in [-0.3, -0.25) is 0 Å². The van der Waals surface area contributed by atoms with Crippen LogP contribution in [0.15, 0.2) is 30.3 Å². The minimum atomic E-state index is 0.401. The Bertz CT molecular complexity index is 823. The van der Waals surface area contributed by atoms with Gasteiger partial charge in [-0.25, -0.2) is 4.58 Å². The quantitative estimate of drug-likeness (QED) is 0.808. The molecule has 3 nitrogen and oxygen atoms in total. The van der Waals surface area contributed by atoms with E-state index in [4.69, 9.17) is 9.47 Å². The van der Waals surface area contributed by atoms with Gasteiger partial charge in [-0.15, -0.1) is 0 Å². The Kier molecular flexibility index (Phi) is 3.79. The van der Waals surface area contributed by atoms with Crippen molar-refractivity contribution in [3.63, 3.8) is 0 Å². The molecule has 0 amide bonds. The first-order valence-corrected chi connectivity index (χ1v) is 8.71. The minimum absolute atomic E-state index is 0.401. The fourth-order valence-electron chi connectivity index (χ4n) is 4.24. The van der Waals surface area contributed by atoms with E-state index in [0.717, 1.165) is 37.4 Å². The van der Waals surface area contributed by atoms with Crippen molar-refractivity contribution in [1.82, 2.24) is 0 Å². The predicted molar refractivity (Wildman–Crippen MR) is 96.1 cm³/mol. The Morgan fingerprint density at radius 1 is 1.08 bits per heavy atom. The van der Waals surface area contributed by atoms with Crippen molar-refractivity contribution in [2.24, 2.45) is 0 Å². The lowest BCUT2D eigenvalue weighted by Gasteiger charge is -2.26. The largest absolute Gasteiger partial charge is 0.493 e. The van der Waals surface area contributed by atoms with Gasteiger partial charge < -0.3 is 9.47 Å². The van der Waals surface area contributed by atoms with Crippen LogP contribution in [0.5, 0.6) is 11.5 Å². The second-order valence-corrected chi connectivity index (χ2v) is 6.57. The summed E-state index contributed by atoms with van der Waals surface area (Å²) in [5.41, 5.74) is 6.97. The van der Waals surface area contributed by atoms with Crippen molar-refractivity contribution in [2.75, 3.05) is 27.3 Å². The highest BCUT2D eigenvalue weighted by atomic mass is 16.5. The monoisotopic (exact) mass is 322 g/mol. The Morgan fingerprint density at radius 2 is 1.88 bits per heavy atom. The minimum Gasteiger partial charge on any atom is -0.493 e. The number of nitrogens with zero attached hydrogens (tertiary/aromatic N) is 1. The van der Waals surface area contributed by atoms with E-state index in [1.54, 1.807) is 14.2 Å². The molecule has 2 aromatic rings. The molecule has 0 spiro atoms. The number of ether oxygens (including phenoxy) is 2. The van der Waals surface area contributed by atoms with Gasteiger partial charge in [-0.1, -0.05) is 24.3 Å². The molecule has 4 rings (SSSR count). The molecule has 1 atom stereocenters. The second kappa shape index (κ2) is 5.97. The molecule has 0 saturated heterocycles. The number of benzene rings is 2. The first-order valence-electron chi connectivity index (χ1n) is 8.71. The third-order valence-corrected chi connectivity index (χ3v) is 5.41. The standard InChI is InChI=1S/C21H24NO2/c1-4-22-12-17-16-8-6-5-7-14(16)9-10-15-11-19(23-2)21(24-3)18(13-22)20(15)17/h5-8,11,13,17H,4,9-10,12H2,1-3H3/q+1. The van der Waals surface area contributed by atoms with Crippen LogP contribution in [0, 0.1) is 0 Å². The summed E-state index contributed by atoms with van der Waals surface area (Å²) in [4.78, 5) is 0. The van der Waals surface area contributed by atoms with Gasteiger partial charge in [-0.2, -0.15) is 0 Å². The third-order valence-electron chi connectivity index (χ3n) is 5.41. The van der Waals surface area contributed by atoms with Crippen molar-refractivity contribution in [3.8, 4) is 11.5 Å². The Hall–Kier alpha value is -2.29. The van der Waals surface area contributed by atoms with Gasteiger partial charge >= 0.3 is 0 Å². The van der Waals surface area contributed by atoms with Gasteiger partial charge in [0.1, 0.15) is 6.54 Å². The molecule has 0 fully saturated rings. The SMILES string of the molecule is CC[N+]1=Cc2c(OC)c(OC)cc3c2C(C1)c1ccccc1CC3. The van der Waals surface area contributed by atoms with Crippen LogP contribution in [0.25, 0.3) is 0 Å². The molecule has 1 aliphatic carbocycles. The van der Waals surface area contributed by atoms with E-state index in [1.807, 2.05) is 0 Å². The van der Waals surface area contributed by atoms with Gasteiger partial charge in [0.05, 0.1) is 25.7 Å². The summed E-state index contributed by atoms with van der Waals surface area (Å²) < 4.78 is 13.8. The molecule has 0 N–H and O–H groups in total. The molecule has 2 aliphatic rings. The van der Waals surface area contributed by atoms with Gasteiger partial charge in [0, 0.05) is 0 Å². The summed E-state index contributed by atoms with van der Waals surface area (Å²) in [6.07, 6.45) is 4.39. The van der Waals surface area contributed by atoms with Crippen LogP contribution in [0.4, 0.5) is 0 Å². The summed E-state index contributed by atoms with van der Waals surface area (Å²) in [6.45, 7) is 4.23. The normalized spacial score (nSPS) is 18.1. The molecule has 1 unspecified atom stereocenters. The second-order valence-electron chi connectivity index (χ2n) is 6.57. The van der Waals surface area contributed by atoms with E-state index in [9.17, 15) is 0 Å². The topological polar surface area (TPSA) is 21.5 Å². The maximum absolute atomic E-state index is 5.75. The smallest absolute Gasteiger partial charge is 0.174 e. The molecule has 0 radical (unpaired) electrons. The van der Waals surface area contributed by atoms with E-state index in [2.05, 4.69) is 48.0 Å². The molecule has 1 aliphatic heterocycles. The molecular weight excluding hydrogens is 298 g/mol. The summed E-state index contributed by atoms with van der Waals surface area (Å²) in [5.74, 6) is 2.10. The zero-order valence-corrected chi connectivity index (χ0v) is 14.6. The predicted octanol–water partition coefficient (Wildman–Crippen LogP) is 3.40. The van der Waals surface area contributed by atoms with Crippen LogP contribution in [-0.4, -0.2) is 38.1 Å². The molecular formula is C21H24NO2+. The molecule has 124 valence electrons. The number of rotatable bonds is 3. The van der Waals surface area contributed by atoms with Crippen LogP contribution >= 0.6 is 0 Å². The van der Waals surface area contributed by atoms with E-state index in [-0.39, 0.29) is 0 Å². The molecule has 1 heterocycles. The van der Waals surface area contributed by atoms with Crippen LogP contribution in [-0.2, 0) is 12.8 Å². The third kappa shape index (κ3) is 2.22. The molecule has 0 saturated carbocycles. The van der Waals surface area contributed by atoms with Crippen molar-refractivity contribution in [2.45, 2.75) is 25.7 Å². The number of fused-ring (bicyclic) bond motifs is 2. The lowest BCUT2D eigenvalue weighted by Crippen LogP contribution is -2.28. The first kappa shape index (κ1) is 15.3. The van der Waals surface area contributed by atoms with Crippen molar-refractivity contribution in [1.29, 1.82) is 0 Å². The van der Waals surface area contributed by atoms with Gasteiger partial charge in [-0.05, 0) is 48.1 Å². The summed E-state index contributed by atoms with van der Waals surface area (Å²) in [6, 6.07) is 11.1. The Morgan fingerprint density at radius 3 is 2.62 bits per heavy atom. The lowest BCUT2D eigenvalue weighted by atomic mass is 9.82. The summed E-state index contributed by atoms with van der Waals surface area (Å²) in [7, 11) is 3.46. The number of methoxy groups -OCH3 is 2. The van der Waals surface area contributed by atoms with Crippen molar-refractivity contribution in [3.05, 3.63) is 58.1 Å². The van der Waals surface area contributed by atoms with Gasteiger partial charge in [0.15, 0.2) is 24.3 Å². The summed E-state index contributed by atoms with van der Waals surface area (Å²) in [5, 5.41) is 0. The van der Waals surface area contributed by atoms with E-state index >= 15 is 0 Å². The fourth-order valence-corrected chi connectivity index (χ4v) is 4.24. The average Bonchev–Trinajstić information content (AvgIpc) is 2.79. The first-order chi connectivity index (χ1) is 11.8. The Balaban J connectivity index is 2.03.